The molecular weight excluding hydrogens is 493 g/mol. The highest BCUT2D eigenvalue weighted by molar-refractivity contribution is 7.98. The zero-order valence-corrected chi connectivity index (χ0v) is 21.7. The lowest BCUT2D eigenvalue weighted by Gasteiger charge is -2.39. The van der Waals surface area contributed by atoms with Crippen LogP contribution in [-0.2, 0) is 17.0 Å². The van der Waals surface area contributed by atoms with Crippen LogP contribution in [0.4, 0.5) is 9.18 Å². The van der Waals surface area contributed by atoms with Crippen molar-refractivity contribution in [3.05, 3.63) is 82.5 Å². The van der Waals surface area contributed by atoms with E-state index in [0.717, 1.165) is 5.56 Å². The number of ether oxygens (including phenoxy) is 1. The first-order valence-corrected chi connectivity index (χ1v) is 13.1. The molecule has 0 aliphatic carbocycles. The van der Waals surface area contributed by atoms with Crippen LogP contribution in [0.2, 0.25) is 0 Å². The minimum atomic E-state index is -0.531. The molecule has 0 spiro atoms. The number of carbonyl (C=O) groups excluding carboxylic acids is 1. The predicted molar refractivity (Wildman–Crippen MR) is 140 cm³/mol. The fraction of sp³-hybridized carbons (Fsp3) is 0.333. The minimum absolute atomic E-state index is 0.208. The number of hydrogen-bond donors (Lipinski definition) is 0. The third kappa shape index (κ3) is 5.69. The van der Waals surface area contributed by atoms with Crippen LogP contribution in [-0.4, -0.2) is 49.0 Å². The Kier molecular flexibility index (Phi) is 6.76. The van der Waals surface area contributed by atoms with Gasteiger partial charge in [-0.1, -0.05) is 42.1 Å². The van der Waals surface area contributed by atoms with E-state index in [1.54, 1.807) is 26.4 Å². The Morgan fingerprint density at radius 2 is 1.89 bits per heavy atom. The lowest BCUT2D eigenvalue weighted by atomic mass is 10.0. The molecule has 0 saturated carbocycles. The van der Waals surface area contributed by atoms with E-state index in [1.807, 2.05) is 57.2 Å². The van der Waals surface area contributed by atoms with Gasteiger partial charge in [0.15, 0.2) is 10.8 Å². The van der Waals surface area contributed by atoms with Crippen molar-refractivity contribution in [2.75, 3.05) is 13.1 Å². The Balaban J connectivity index is 1.39. The molecule has 1 amide bonds. The molecule has 2 aromatic carbocycles. The fourth-order valence-corrected chi connectivity index (χ4v) is 5.13. The van der Waals surface area contributed by atoms with Crippen LogP contribution >= 0.6 is 11.8 Å². The van der Waals surface area contributed by atoms with Crippen molar-refractivity contribution < 1.29 is 13.9 Å². The van der Waals surface area contributed by atoms with E-state index in [1.165, 1.54) is 23.9 Å². The van der Waals surface area contributed by atoms with Crippen molar-refractivity contribution in [2.45, 2.75) is 43.8 Å². The largest absolute Gasteiger partial charge is 0.444 e. The molecule has 5 rings (SSSR count). The Bertz CT molecular complexity index is 1490. The highest BCUT2D eigenvalue weighted by Gasteiger charge is 2.34. The lowest BCUT2D eigenvalue weighted by Crippen LogP contribution is -2.52. The molecule has 0 unspecified atom stereocenters. The van der Waals surface area contributed by atoms with Gasteiger partial charge >= 0.3 is 6.09 Å². The summed E-state index contributed by atoms with van der Waals surface area (Å²) in [5.41, 5.74) is 1.11. The molecule has 0 N–H and O–H groups in total. The van der Waals surface area contributed by atoms with Crippen LogP contribution in [0, 0.1) is 11.7 Å². The predicted octanol–water partition coefficient (Wildman–Crippen LogP) is 4.88. The molecule has 1 aliphatic rings. The normalized spacial score (nSPS) is 14.1. The number of benzene rings is 2. The van der Waals surface area contributed by atoms with Crippen LogP contribution in [0.1, 0.15) is 26.3 Å². The summed E-state index contributed by atoms with van der Waals surface area (Å²) in [5.74, 6) is 0.355. The number of amides is 1. The van der Waals surface area contributed by atoms with Crippen LogP contribution in [0.3, 0.4) is 0 Å². The second-order valence-electron chi connectivity index (χ2n) is 10.1. The number of likely N-dealkylation sites (tertiary alicyclic amines) is 1. The number of carbonyl (C=O) groups is 1. The molecule has 1 saturated heterocycles. The van der Waals surface area contributed by atoms with Crippen molar-refractivity contribution in [3.8, 4) is 5.69 Å². The quantitative estimate of drug-likeness (QED) is 0.266. The van der Waals surface area contributed by atoms with Gasteiger partial charge in [-0.05, 0) is 50.6 Å². The SMILES string of the molecule is CC(C)(C)OC(=O)N1CC(Cn2cc3c(=O)n(-c4ccccc4)c(SCc4cccc(F)c4)nc3n2)C1. The first-order valence-electron chi connectivity index (χ1n) is 12.1. The number of halogens is 1. The molecule has 0 atom stereocenters. The average Bonchev–Trinajstić information content (AvgIpc) is 3.22. The van der Waals surface area contributed by atoms with Gasteiger partial charge in [0.25, 0.3) is 5.56 Å². The number of aromatic nitrogens is 4. The summed E-state index contributed by atoms with van der Waals surface area (Å²) in [5, 5.41) is 5.48. The number of rotatable bonds is 6. The van der Waals surface area contributed by atoms with E-state index in [0.29, 0.717) is 47.3 Å². The third-order valence-corrected chi connectivity index (χ3v) is 6.90. The summed E-state index contributed by atoms with van der Waals surface area (Å²) in [6, 6.07) is 15.7. The van der Waals surface area contributed by atoms with E-state index in [9.17, 15) is 14.0 Å². The Morgan fingerprint density at radius 1 is 1.14 bits per heavy atom. The number of fused-ring (bicyclic) bond motifs is 1. The lowest BCUT2D eigenvalue weighted by molar-refractivity contribution is -0.00381. The van der Waals surface area contributed by atoms with Gasteiger partial charge in [0.2, 0.25) is 0 Å². The van der Waals surface area contributed by atoms with Crippen LogP contribution in [0.15, 0.2) is 70.7 Å². The Morgan fingerprint density at radius 3 is 2.59 bits per heavy atom. The molecule has 192 valence electrons. The topological polar surface area (TPSA) is 82.2 Å². The smallest absolute Gasteiger partial charge is 0.410 e. The van der Waals surface area contributed by atoms with Crippen molar-refractivity contribution in [2.24, 2.45) is 5.92 Å². The van der Waals surface area contributed by atoms with Crippen molar-refractivity contribution in [1.82, 2.24) is 24.2 Å². The summed E-state index contributed by atoms with van der Waals surface area (Å²) in [6.07, 6.45) is 1.41. The molecule has 2 aromatic heterocycles. The maximum atomic E-state index is 13.7. The molecule has 37 heavy (non-hydrogen) atoms. The number of nitrogens with zero attached hydrogens (tertiary/aromatic N) is 5. The van der Waals surface area contributed by atoms with Crippen LogP contribution < -0.4 is 5.56 Å². The standard InChI is InChI=1S/C27H28FN5O3S/c1-27(2,3)36-26(35)31-13-19(14-31)15-32-16-22-23(30-32)29-25(37-17-18-8-7-9-20(28)12-18)33(24(22)34)21-10-5-4-6-11-21/h4-12,16,19H,13-15,17H2,1-3H3. The molecule has 3 heterocycles. The van der Waals surface area contributed by atoms with E-state index in [2.05, 4.69) is 5.10 Å². The molecule has 8 nitrogen and oxygen atoms in total. The average molecular weight is 522 g/mol. The maximum Gasteiger partial charge on any atom is 0.410 e. The third-order valence-electron chi connectivity index (χ3n) is 5.89. The molecule has 10 heteroatoms. The van der Waals surface area contributed by atoms with Gasteiger partial charge in [-0.2, -0.15) is 5.10 Å². The van der Waals surface area contributed by atoms with Crippen molar-refractivity contribution in [1.29, 1.82) is 0 Å². The summed E-state index contributed by atoms with van der Waals surface area (Å²) in [4.78, 5) is 32.2. The molecule has 0 bridgehead atoms. The zero-order valence-electron chi connectivity index (χ0n) is 20.9. The second-order valence-corrected chi connectivity index (χ2v) is 11.1. The molecule has 4 aromatic rings. The number of thioether (sulfide) groups is 1. The second kappa shape index (κ2) is 10.0. The summed E-state index contributed by atoms with van der Waals surface area (Å²) in [6.45, 7) is 7.24. The first-order chi connectivity index (χ1) is 17.7. The highest BCUT2D eigenvalue weighted by Crippen LogP contribution is 2.26. The summed E-state index contributed by atoms with van der Waals surface area (Å²) >= 11 is 1.36. The molecular formula is C27H28FN5O3S. The minimum Gasteiger partial charge on any atom is -0.444 e. The Hall–Kier alpha value is -3.66. The van der Waals surface area contributed by atoms with Gasteiger partial charge in [0.05, 0.1) is 5.69 Å². The monoisotopic (exact) mass is 521 g/mol. The first kappa shape index (κ1) is 25.0. The van der Waals surface area contributed by atoms with Crippen LogP contribution in [0.25, 0.3) is 16.7 Å². The van der Waals surface area contributed by atoms with Gasteiger partial charge in [0.1, 0.15) is 16.8 Å². The van der Waals surface area contributed by atoms with Gasteiger partial charge in [-0.15, -0.1) is 0 Å². The summed E-state index contributed by atoms with van der Waals surface area (Å²) < 4.78 is 22.4. The van der Waals surface area contributed by atoms with Crippen LogP contribution in [0.5, 0.6) is 0 Å². The molecule has 1 aliphatic heterocycles. The van der Waals surface area contributed by atoms with Gasteiger partial charge in [0, 0.05) is 37.5 Å². The van der Waals surface area contributed by atoms with Crippen molar-refractivity contribution in [3.63, 3.8) is 0 Å². The van der Waals surface area contributed by atoms with E-state index >= 15 is 0 Å². The zero-order chi connectivity index (χ0) is 26.2. The highest BCUT2D eigenvalue weighted by atomic mass is 32.2. The maximum absolute atomic E-state index is 13.7. The van der Waals surface area contributed by atoms with E-state index in [4.69, 9.17) is 9.72 Å². The summed E-state index contributed by atoms with van der Waals surface area (Å²) in [7, 11) is 0. The van der Waals surface area contributed by atoms with Gasteiger partial charge in [-0.3, -0.25) is 14.0 Å². The number of hydrogen-bond acceptors (Lipinski definition) is 6. The van der Waals surface area contributed by atoms with Gasteiger partial charge in [-0.25, -0.2) is 14.2 Å². The molecule has 1 fully saturated rings. The van der Waals surface area contributed by atoms with Gasteiger partial charge < -0.3 is 9.64 Å². The van der Waals surface area contributed by atoms with E-state index < -0.39 is 5.60 Å². The fourth-order valence-electron chi connectivity index (χ4n) is 4.19. The Labute approximate surface area is 218 Å². The van der Waals surface area contributed by atoms with Crippen molar-refractivity contribution >= 4 is 28.9 Å². The van der Waals surface area contributed by atoms with E-state index in [-0.39, 0.29) is 23.4 Å². The number of para-hydroxylation sites is 1. The molecule has 0 radical (unpaired) electrons.